The van der Waals surface area contributed by atoms with Crippen molar-refractivity contribution in [3.8, 4) is 0 Å². The standard InChI is InChI=1S/C19H22N4O4.ClH/c24-15-5-4-14(17(25)22-15)23-18(26)12-2-1-3-13(16(12)19(23)27)21-10-11-6-8-20-9-7-11;/h1-3,11,14,20-21H,4-10H2,(H,22,24,25);1H. The van der Waals surface area contributed by atoms with E-state index in [9.17, 15) is 19.2 Å². The average Bonchev–Trinajstić information content (AvgIpc) is 2.93. The molecule has 8 nitrogen and oxygen atoms in total. The third-order valence-corrected chi connectivity index (χ3v) is 5.51. The second-order valence-electron chi connectivity index (χ2n) is 7.25. The Morgan fingerprint density at radius 3 is 2.50 bits per heavy atom. The van der Waals surface area contributed by atoms with Gasteiger partial charge in [-0.2, -0.15) is 0 Å². The first-order valence-corrected chi connectivity index (χ1v) is 9.35. The molecular weight excluding hydrogens is 384 g/mol. The molecule has 0 bridgehead atoms. The number of halogens is 1. The Morgan fingerprint density at radius 2 is 1.79 bits per heavy atom. The van der Waals surface area contributed by atoms with Crippen molar-refractivity contribution in [3.05, 3.63) is 29.3 Å². The highest BCUT2D eigenvalue weighted by Gasteiger charge is 2.45. The minimum absolute atomic E-state index is 0. The van der Waals surface area contributed by atoms with Gasteiger partial charge in [0.05, 0.1) is 11.1 Å². The van der Waals surface area contributed by atoms with Crippen LogP contribution in [-0.2, 0) is 9.59 Å². The molecule has 0 aliphatic carbocycles. The lowest BCUT2D eigenvalue weighted by Gasteiger charge is -2.28. The second kappa shape index (κ2) is 8.28. The van der Waals surface area contributed by atoms with E-state index in [0.717, 1.165) is 37.4 Å². The van der Waals surface area contributed by atoms with Crippen molar-refractivity contribution in [3.63, 3.8) is 0 Å². The van der Waals surface area contributed by atoms with Gasteiger partial charge in [-0.05, 0) is 50.4 Å². The van der Waals surface area contributed by atoms with Crippen molar-refractivity contribution in [2.75, 3.05) is 25.0 Å². The number of nitrogens with one attached hydrogen (secondary N) is 3. The van der Waals surface area contributed by atoms with Gasteiger partial charge in [0.1, 0.15) is 6.04 Å². The van der Waals surface area contributed by atoms with Crippen LogP contribution in [0.3, 0.4) is 0 Å². The molecule has 0 aromatic heterocycles. The lowest BCUT2D eigenvalue weighted by molar-refractivity contribution is -0.136. The van der Waals surface area contributed by atoms with Gasteiger partial charge in [-0.25, -0.2) is 0 Å². The summed E-state index contributed by atoms with van der Waals surface area (Å²) in [6.45, 7) is 2.71. The molecule has 1 aromatic carbocycles. The molecule has 4 rings (SSSR count). The Bertz CT molecular complexity index is 822. The average molecular weight is 407 g/mol. The Morgan fingerprint density at radius 1 is 1.04 bits per heavy atom. The Hall–Kier alpha value is -2.45. The second-order valence-corrected chi connectivity index (χ2v) is 7.25. The first-order chi connectivity index (χ1) is 13.1. The van der Waals surface area contributed by atoms with Crippen LogP contribution in [0.5, 0.6) is 0 Å². The van der Waals surface area contributed by atoms with Crippen LogP contribution in [0.4, 0.5) is 5.69 Å². The first-order valence-electron chi connectivity index (χ1n) is 9.35. The minimum Gasteiger partial charge on any atom is -0.384 e. The highest BCUT2D eigenvalue weighted by atomic mass is 35.5. The number of hydrogen-bond acceptors (Lipinski definition) is 6. The van der Waals surface area contributed by atoms with Gasteiger partial charge in [0.15, 0.2) is 0 Å². The van der Waals surface area contributed by atoms with Crippen molar-refractivity contribution < 1.29 is 19.2 Å². The maximum Gasteiger partial charge on any atom is 0.264 e. The van der Waals surface area contributed by atoms with Crippen LogP contribution < -0.4 is 16.0 Å². The third kappa shape index (κ3) is 3.62. The number of amides is 4. The lowest BCUT2D eigenvalue weighted by atomic mass is 9.98. The topological polar surface area (TPSA) is 108 Å². The van der Waals surface area contributed by atoms with Gasteiger partial charge in [0.2, 0.25) is 11.8 Å². The summed E-state index contributed by atoms with van der Waals surface area (Å²) < 4.78 is 0. The zero-order valence-electron chi connectivity index (χ0n) is 15.3. The summed E-state index contributed by atoms with van der Waals surface area (Å²) >= 11 is 0. The smallest absolute Gasteiger partial charge is 0.264 e. The molecule has 28 heavy (non-hydrogen) atoms. The quantitative estimate of drug-likeness (QED) is 0.642. The number of anilines is 1. The molecule has 1 atom stereocenters. The highest BCUT2D eigenvalue weighted by molar-refractivity contribution is 6.25. The Labute approximate surface area is 168 Å². The number of imide groups is 2. The third-order valence-electron chi connectivity index (χ3n) is 5.51. The Kier molecular flexibility index (Phi) is 6.00. The van der Waals surface area contributed by atoms with Crippen LogP contribution in [0.15, 0.2) is 18.2 Å². The lowest BCUT2D eigenvalue weighted by Crippen LogP contribution is -2.54. The van der Waals surface area contributed by atoms with E-state index in [4.69, 9.17) is 0 Å². The fraction of sp³-hybridized carbons (Fsp3) is 0.474. The van der Waals surface area contributed by atoms with Crippen molar-refractivity contribution in [1.29, 1.82) is 0 Å². The zero-order valence-corrected chi connectivity index (χ0v) is 16.1. The summed E-state index contributed by atoms with van der Waals surface area (Å²) in [7, 11) is 0. The number of rotatable bonds is 4. The summed E-state index contributed by atoms with van der Waals surface area (Å²) in [4.78, 5) is 50.3. The van der Waals surface area contributed by atoms with Crippen molar-refractivity contribution >= 4 is 41.7 Å². The van der Waals surface area contributed by atoms with Gasteiger partial charge in [0, 0.05) is 18.7 Å². The molecule has 3 N–H and O–H groups in total. The number of carbonyl (C=O) groups excluding carboxylic acids is 4. The highest BCUT2D eigenvalue weighted by Crippen LogP contribution is 2.32. The van der Waals surface area contributed by atoms with Gasteiger partial charge in [-0.3, -0.25) is 29.4 Å². The minimum atomic E-state index is -0.938. The molecular formula is C19H23ClN4O4. The monoisotopic (exact) mass is 406 g/mol. The molecule has 9 heteroatoms. The van der Waals surface area contributed by atoms with Gasteiger partial charge < -0.3 is 10.6 Å². The number of nitrogens with zero attached hydrogens (tertiary/aromatic N) is 1. The normalized spacial score (nSPS) is 22.6. The molecule has 0 radical (unpaired) electrons. The number of piperidine rings is 2. The van der Waals surface area contributed by atoms with E-state index < -0.39 is 23.8 Å². The molecule has 1 unspecified atom stereocenters. The van der Waals surface area contributed by atoms with E-state index in [1.54, 1.807) is 18.2 Å². The maximum atomic E-state index is 13.0. The molecule has 4 amide bonds. The van der Waals surface area contributed by atoms with Crippen LogP contribution >= 0.6 is 12.4 Å². The van der Waals surface area contributed by atoms with Crippen LogP contribution in [0, 0.1) is 5.92 Å². The Balaban J connectivity index is 0.00000225. The van der Waals surface area contributed by atoms with E-state index in [1.165, 1.54) is 0 Å². The summed E-state index contributed by atoms with van der Waals surface area (Å²) in [5.41, 5.74) is 1.25. The molecule has 3 aliphatic heterocycles. The van der Waals surface area contributed by atoms with Crippen molar-refractivity contribution in [2.45, 2.75) is 31.7 Å². The number of hydrogen-bond donors (Lipinski definition) is 3. The predicted molar refractivity (Wildman–Crippen MR) is 104 cm³/mol. The van der Waals surface area contributed by atoms with E-state index in [1.807, 2.05) is 0 Å². The zero-order chi connectivity index (χ0) is 19.0. The van der Waals surface area contributed by atoms with Gasteiger partial charge in [-0.1, -0.05) is 6.07 Å². The summed E-state index contributed by atoms with van der Waals surface area (Å²) in [6.07, 6.45) is 2.41. The molecule has 1 aromatic rings. The molecule has 2 saturated heterocycles. The summed E-state index contributed by atoms with van der Waals surface area (Å²) in [5.74, 6) is -1.41. The number of benzene rings is 1. The number of fused-ring (bicyclic) bond motifs is 1. The van der Waals surface area contributed by atoms with Gasteiger partial charge in [0.25, 0.3) is 11.8 Å². The van der Waals surface area contributed by atoms with Crippen LogP contribution in [-0.4, -0.2) is 54.2 Å². The summed E-state index contributed by atoms with van der Waals surface area (Å²) in [6, 6.07) is 4.20. The van der Waals surface area contributed by atoms with E-state index >= 15 is 0 Å². The predicted octanol–water partition coefficient (Wildman–Crippen LogP) is 0.921. The van der Waals surface area contributed by atoms with Crippen molar-refractivity contribution in [2.24, 2.45) is 5.92 Å². The fourth-order valence-electron chi connectivity index (χ4n) is 4.00. The first kappa shape index (κ1) is 20.3. The molecule has 3 heterocycles. The van der Waals surface area contributed by atoms with E-state index in [2.05, 4.69) is 16.0 Å². The van der Waals surface area contributed by atoms with Crippen molar-refractivity contribution in [1.82, 2.24) is 15.5 Å². The van der Waals surface area contributed by atoms with Crippen LogP contribution in [0.2, 0.25) is 0 Å². The number of carbonyl (C=O) groups is 4. The fourth-order valence-corrected chi connectivity index (χ4v) is 4.00. The maximum absolute atomic E-state index is 13.0. The molecule has 0 saturated carbocycles. The van der Waals surface area contributed by atoms with Gasteiger partial charge in [-0.15, -0.1) is 12.4 Å². The van der Waals surface area contributed by atoms with Crippen LogP contribution in [0.1, 0.15) is 46.4 Å². The molecule has 0 spiro atoms. The van der Waals surface area contributed by atoms with Crippen LogP contribution in [0.25, 0.3) is 0 Å². The molecule has 2 fully saturated rings. The van der Waals surface area contributed by atoms with E-state index in [0.29, 0.717) is 22.7 Å². The molecule has 150 valence electrons. The molecule has 3 aliphatic rings. The van der Waals surface area contributed by atoms with Gasteiger partial charge >= 0.3 is 0 Å². The summed E-state index contributed by atoms with van der Waals surface area (Å²) in [5, 5.41) is 8.86. The van der Waals surface area contributed by atoms with E-state index in [-0.39, 0.29) is 31.2 Å². The SMILES string of the molecule is Cl.O=C1CCC(N2C(=O)c3cccc(NCC4CCNCC4)c3C2=O)C(=O)N1. The largest absolute Gasteiger partial charge is 0.384 e.